The van der Waals surface area contributed by atoms with Crippen LogP contribution in [-0.2, 0) is 0 Å². The fraction of sp³-hybridized carbons (Fsp3) is 0.458. The molecule has 1 aliphatic rings. The number of carbonyl (C=O) groups is 1. The minimum atomic E-state index is -0.123. The number of H-pyrrole nitrogens is 1. The van der Waals surface area contributed by atoms with Gasteiger partial charge in [0.25, 0.3) is 5.91 Å². The van der Waals surface area contributed by atoms with Gasteiger partial charge in [-0.05, 0) is 80.4 Å². The van der Waals surface area contributed by atoms with E-state index in [0.29, 0.717) is 17.3 Å². The van der Waals surface area contributed by atoms with Crippen LogP contribution in [0.4, 0.5) is 0 Å². The van der Waals surface area contributed by atoms with Crippen LogP contribution in [0.15, 0.2) is 35.3 Å². The standard InChI is InChI=1S/C24H30N4O2S/c1-4-10-31-11-9-16(3)28-22-21(27-24(28)30)13-18(14-25-22)20-12-17(6-5-15(20)2)23(29)26-19-7-8-19/h5-6,12-14,16,19H,4,7-11H2,1-3H3,(H,26,29)(H,27,30). The van der Waals surface area contributed by atoms with Crippen molar-refractivity contribution in [2.75, 3.05) is 11.5 Å². The first-order valence-electron chi connectivity index (χ1n) is 11.1. The highest BCUT2D eigenvalue weighted by Gasteiger charge is 2.24. The summed E-state index contributed by atoms with van der Waals surface area (Å²) in [5, 5.41) is 3.04. The smallest absolute Gasteiger partial charge is 0.327 e. The molecule has 1 saturated carbocycles. The van der Waals surface area contributed by atoms with E-state index in [1.165, 1.54) is 6.42 Å². The molecule has 0 radical (unpaired) electrons. The Labute approximate surface area is 186 Å². The average Bonchev–Trinajstić information content (AvgIpc) is 3.50. The van der Waals surface area contributed by atoms with Gasteiger partial charge in [-0.3, -0.25) is 9.36 Å². The van der Waals surface area contributed by atoms with Crippen molar-refractivity contribution in [1.29, 1.82) is 0 Å². The predicted molar refractivity (Wildman–Crippen MR) is 128 cm³/mol. The number of nitrogens with zero attached hydrogens (tertiary/aromatic N) is 2. The van der Waals surface area contributed by atoms with E-state index < -0.39 is 0 Å². The first-order chi connectivity index (χ1) is 15.0. The van der Waals surface area contributed by atoms with Gasteiger partial charge >= 0.3 is 5.69 Å². The zero-order valence-corrected chi connectivity index (χ0v) is 19.2. The first kappa shape index (κ1) is 21.7. The lowest BCUT2D eigenvalue weighted by Gasteiger charge is -2.13. The van der Waals surface area contributed by atoms with Crippen LogP contribution in [0.2, 0.25) is 0 Å². The largest absolute Gasteiger partial charge is 0.349 e. The van der Waals surface area contributed by atoms with Crippen molar-refractivity contribution in [2.24, 2.45) is 0 Å². The Kier molecular flexibility index (Phi) is 6.51. The molecule has 2 heterocycles. The van der Waals surface area contributed by atoms with Crippen molar-refractivity contribution < 1.29 is 4.79 Å². The van der Waals surface area contributed by atoms with Crippen LogP contribution in [0.3, 0.4) is 0 Å². The molecule has 7 heteroatoms. The quantitative estimate of drug-likeness (QED) is 0.475. The third-order valence-electron chi connectivity index (χ3n) is 5.75. The lowest BCUT2D eigenvalue weighted by molar-refractivity contribution is 0.0951. The van der Waals surface area contributed by atoms with Gasteiger partial charge in [0.2, 0.25) is 0 Å². The number of benzene rings is 1. The highest BCUT2D eigenvalue weighted by Crippen LogP contribution is 2.28. The summed E-state index contributed by atoms with van der Waals surface area (Å²) in [6, 6.07) is 8.11. The maximum Gasteiger partial charge on any atom is 0.327 e. The summed E-state index contributed by atoms with van der Waals surface area (Å²) < 4.78 is 1.76. The molecule has 1 aliphatic carbocycles. The van der Waals surface area contributed by atoms with Crippen LogP contribution in [0.1, 0.15) is 61.5 Å². The van der Waals surface area contributed by atoms with Gasteiger partial charge in [0.1, 0.15) is 0 Å². The number of hydrogen-bond acceptors (Lipinski definition) is 4. The summed E-state index contributed by atoms with van der Waals surface area (Å²) in [4.78, 5) is 32.7. The van der Waals surface area contributed by atoms with Crippen LogP contribution in [0.25, 0.3) is 22.3 Å². The Bertz CT molecular complexity index is 1150. The zero-order valence-electron chi connectivity index (χ0n) is 18.4. The second kappa shape index (κ2) is 9.30. The highest BCUT2D eigenvalue weighted by molar-refractivity contribution is 7.99. The molecule has 0 saturated heterocycles. The SMILES string of the molecule is CCCSCCC(C)n1c(=O)[nH]c2cc(-c3cc(C(=O)NC4CC4)ccc3C)cnc21. The molecule has 1 fully saturated rings. The number of aromatic nitrogens is 3. The summed E-state index contributed by atoms with van der Waals surface area (Å²) in [7, 11) is 0. The van der Waals surface area contributed by atoms with Crippen molar-refractivity contribution in [1.82, 2.24) is 19.9 Å². The lowest BCUT2D eigenvalue weighted by Crippen LogP contribution is -2.25. The number of thioether (sulfide) groups is 1. The number of amides is 1. The molecule has 2 N–H and O–H groups in total. The summed E-state index contributed by atoms with van der Waals surface area (Å²) in [6.07, 6.45) is 6.02. The summed E-state index contributed by atoms with van der Waals surface area (Å²) in [5.74, 6) is 2.14. The molecule has 6 nitrogen and oxygen atoms in total. The second-order valence-electron chi connectivity index (χ2n) is 8.42. The van der Waals surface area contributed by atoms with Crippen molar-refractivity contribution in [3.8, 4) is 11.1 Å². The molecule has 31 heavy (non-hydrogen) atoms. The molecular formula is C24H30N4O2S. The van der Waals surface area contributed by atoms with E-state index in [-0.39, 0.29) is 17.6 Å². The molecule has 0 bridgehead atoms. The summed E-state index contributed by atoms with van der Waals surface area (Å²) >= 11 is 1.92. The minimum absolute atomic E-state index is 0.0351. The lowest BCUT2D eigenvalue weighted by atomic mass is 9.99. The molecule has 0 aliphatic heterocycles. The molecule has 3 aromatic rings. The van der Waals surface area contributed by atoms with Crippen LogP contribution >= 0.6 is 11.8 Å². The average molecular weight is 439 g/mol. The Morgan fingerprint density at radius 2 is 2.13 bits per heavy atom. The molecule has 1 unspecified atom stereocenters. The number of aryl methyl sites for hydroxylation is 1. The number of carbonyl (C=O) groups excluding carboxylic acids is 1. The molecule has 0 spiro atoms. The number of rotatable bonds is 9. The maximum atomic E-state index is 12.6. The van der Waals surface area contributed by atoms with Gasteiger partial charge in [-0.2, -0.15) is 11.8 Å². The molecular weight excluding hydrogens is 408 g/mol. The molecule has 164 valence electrons. The van der Waals surface area contributed by atoms with E-state index in [1.54, 1.807) is 10.8 Å². The van der Waals surface area contributed by atoms with Gasteiger partial charge in [-0.15, -0.1) is 0 Å². The van der Waals surface area contributed by atoms with Gasteiger partial charge in [0, 0.05) is 29.4 Å². The van der Waals surface area contributed by atoms with Gasteiger partial charge in [0.05, 0.1) is 5.52 Å². The van der Waals surface area contributed by atoms with Gasteiger partial charge in [-0.1, -0.05) is 13.0 Å². The number of nitrogens with one attached hydrogen (secondary N) is 2. The number of pyridine rings is 1. The second-order valence-corrected chi connectivity index (χ2v) is 9.65. The third-order valence-corrected chi connectivity index (χ3v) is 6.97. The topological polar surface area (TPSA) is 79.8 Å². The summed E-state index contributed by atoms with van der Waals surface area (Å²) in [5.41, 5.74) is 4.84. The monoisotopic (exact) mass is 438 g/mol. The van der Waals surface area contributed by atoms with Crippen LogP contribution in [0, 0.1) is 6.92 Å². The molecule has 1 amide bonds. The molecule has 2 aromatic heterocycles. The number of fused-ring (bicyclic) bond motifs is 1. The van der Waals surface area contributed by atoms with Crippen LogP contribution in [0.5, 0.6) is 0 Å². The van der Waals surface area contributed by atoms with E-state index >= 15 is 0 Å². The fourth-order valence-electron chi connectivity index (χ4n) is 3.77. The highest BCUT2D eigenvalue weighted by atomic mass is 32.2. The van der Waals surface area contributed by atoms with E-state index in [1.807, 2.05) is 43.0 Å². The van der Waals surface area contributed by atoms with Crippen molar-refractivity contribution in [3.05, 3.63) is 52.1 Å². The van der Waals surface area contributed by atoms with Crippen molar-refractivity contribution in [3.63, 3.8) is 0 Å². The third kappa shape index (κ3) is 4.87. The molecule has 1 aromatic carbocycles. The van der Waals surface area contributed by atoms with Crippen LogP contribution in [-0.4, -0.2) is 38.0 Å². The van der Waals surface area contributed by atoms with Crippen molar-refractivity contribution in [2.45, 2.75) is 58.5 Å². The predicted octanol–water partition coefficient (Wildman–Crippen LogP) is 4.69. The van der Waals surface area contributed by atoms with E-state index in [2.05, 4.69) is 29.1 Å². The minimum Gasteiger partial charge on any atom is -0.349 e. The van der Waals surface area contributed by atoms with E-state index in [9.17, 15) is 9.59 Å². The van der Waals surface area contributed by atoms with E-state index in [0.717, 1.165) is 53.0 Å². The fourth-order valence-corrected chi connectivity index (χ4v) is 4.77. The van der Waals surface area contributed by atoms with Crippen molar-refractivity contribution >= 4 is 28.8 Å². The Hall–Kier alpha value is -2.54. The Morgan fingerprint density at radius 3 is 2.87 bits per heavy atom. The number of hydrogen-bond donors (Lipinski definition) is 2. The zero-order chi connectivity index (χ0) is 22.0. The van der Waals surface area contributed by atoms with Gasteiger partial charge in [-0.25, -0.2) is 9.78 Å². The summed E-state index contributed by atoms with van der Waals surface area (Å²) in [6.45, 7) is 6.27. The normalized spacial score (nSPS) is 14.7. The Balaban J connectivity index is 1.61. The number of imidazole rings is 1. The van der Waals surface area contributed by atoms with E-state index in [4.69, 9.17) is 0 Å². The van der Waals surface area contributed by atoms with Crippen LogP contribution < -0.4 is 11.0 Å². The molecule has 4 rings (SSSR count). The maximum absolute atomic E-state index is 12.6. The number of aromatic amines is 1. The van der Waals surface area contributed by atoms with Gasteiger partial charge in [0.15, 0.2) is 5.65 Å². The van der Waals surface area contributed by atoms with Gasteiger partial charge < -0.3 is 10.3 Å². The Morgan fingerprint density at radius 1 is 1.32 bits per heavy atom. The first-order valence-corrected chi connectivity index (χ1v) is 12.2. The molecule has 1 atom stereocenters.